The predicted molar refractivity (Wildman–Crippen MR) is 109 cm³/mol. The van der Waals surface area contributed by atoms with Crippen LogP contribution in [0.25, 0.3) is 0 Å². The minimum atomic E-state index is -0.179. The van der Waals surface area contributed by atoms with Crippen LogP contribution in [0, 0.1) is 13.8 Å². The van der Waals surface area contributed by atoms with Crippen LogP contribution >= 0.6 is 0 Å². The minimum absolute atomic E-state index is 0.179. The first-order valence-electron chi connectivity index (χ1n) is 9.26. The van der Waals surface area contributed by atoms with Gasteiger partial charge < -0.3 is 10.2 Å². The number of hydrogen-bond acceptors (Lipinski definition) is 3. The number of aryl methyl sites for hydroxylation is 2. The van der Waals surface area contributed by atoms with Gasteiger partial charge in [0.25, 0.3) is 5.91 Å². The zero-order valence-electron chi connectivity index (χ0n) is 15.7. The van der Waals surface area contributed by atoms with Crippen LogP contribution in [0.5, 0.6) is 0 Å². The summed E-state index contributed by atoms with van der Waals surface area (Å²) in [7, 11) is 0. The lowest BCUT2D eigenvalue weighted by Crippen LogP contribution is -2.30. The lowest BCUT2D eigenvalue weighted by Gasteiger charge is -2.30. The van der Waals surface area contributed by atoms with E-state index in [0.29, 0.717) is 5.69 Å². The average Bonchev–Trinajstić information content (AvgIpc) is 2.70. The van der Waals surface area contributed by atoms with E-state index in [1.165, 1.54) is 16.7 Å². The molecule has 1 aliphatic heterocycles. The fraction of sp³-hybridized carbons (Fsp3) is 0.217. The van der Waals surface area contributed by atoms with Crippen molar-refractivity contribution < 1.29 is 4.79 Å². The highest BCUT2D eigenvalue weighted by molar-refractivity contribution is 6.03. The number of pyridine rings is 1. The van der Waals surface area contributed by atoms with E-state index < -0.39 is 0 Å². The van der Waals surface area contributed by atoms with Gasteiger partial charge in [0, 0.05) is 30.7 Å². The zero-order valence-corrected chi connectivity index (χ0v) is 15.7. The van der Waals surface area contributed by atoms with Crippen LogP contribution in [0.4, 0.5) is 11.4 Å². The van der Waals surface area contributed by atoms with Gasteiger partial charge in [0.15, 0.2) is 0 Å². The van der Waals surface area contributed by atoms with E-state index in [9.17, 15) is 4.79 Å². The van der Waals surface area contributed by atoms with Crippen molar-refractivity contribution in [3.8, 4) is 0 Å². The normalized spacial score (nSPS) is 13.2. The first kappa shape index (κ1) is 17.3. The van der Waals surface area contributed by atoms with Crippen LogP contribution in [-0.2, 0) is 13.0 Å². The Morgan fingerprint density at radius 2 is 1.85 bits per heavy atom. The van der Waals surface area contributed by atoms with Gasteiger partial charge in [0.05, 0.1) is 0 Å². The molecule has 0 fully saturated rings. The molecule has 4 rings (SSSR count). The number of nitrogens with one attached hydrogen (secondary N) is 1. The summed E-state index contributed by atoms with van der Waals surface area (Å²) in [4.78, 5) is 19.3. The fourth-order valence-corrected chi connectivity index (χ4v) is 3.60. The van der Waals surface area contributed by atoms with E-state index in [2.05, 4.69) is 45.5 Å². The summed E-state index contributed by atoms with van der Waals surface area (Å²) in [5.74, 6) is -0.179. The van der Waals surface area contributed by atoms with E-state index >= 15 is 0 Å². The van der Waals surface area contributed by atoms with Crippen molar-refractivity contribution in [3.05, 3.63) is 88.7 Å². The number of benzene rings is 2. The van der Waals surface area contributed by atoms with Gasteiger partial charge in [0.2, 0.25) is 0 Å². The second kappa shape index (κ2) is 7.23. The molecule has 0 saturated heterocycles. The quantitative estimate of drug-likeness (QED) is 0.750. The third-order valence-electron chi connectivity index (χ3n) is 5.10. The molecule has 0 unspecified atom stereocenters. The summed E-state index contributed by atoms with van der Waals surface area (Å²) in [5, 5.41) is 2.98. The molecule has 1 amide bonds. The Kier molecular flexibility index (Phi) is 4.63. The van der Waals surface area contributed by atoms with Crippen LogP contribution in [0.2, 0.25) is 0 Å². The van der Waals surface area contributed by atoms with Crippen LogP contribution in [0.1, 0.15) is 32.7 Å². The first-order valence-corrected chi connectivity index (χ1v) is 9.26. The van der Waals surface area contributed by atoms with Gasteiger partial charge in [-0.05, 0) is 55.2 Å². The highest BCUT2D eigenvalue weighted by Gasteiger charge is 2.18. The highest BCUT2D eigenvalue weighted by Crippen LogP contribution is 2.25. The molecule has 0 radical (unpaired) electrons. The molecule has 0 bridgehead atoms. The largest absolute Gasteiger partial charge is 0.367 e. The Labute approximate surface area is 159 Å². The predicted octanol–water partition coefficient (Wildman–Crippen LogP) is 4.51. The Balaban J connectivity index is 1.53. The monoisotopic (exact) mass is 357 g/mol. The van der Waals surface area contributed by atoms with Gasteiger partial charge in [-0.3, -0.25) is 9.78 Å². The molecule has 0 spiro atoms. The molecule has 1 aromatic heterocycles. The lowest BCUT2D eigenvalue weighted by molar-refractivity contribution is 0.102. The van der Waals surface area contributed by atoms with Gasteiger partial charge in [-0.25, -0.2) is 0 Å². The summed E-state index contributed by atoms with van der Waals surface area (Å²) in [6, 6.07) is 18.4. The van der Waals surface area contributed by atoms with Crippen LogP contribution in [0.15, 0.2) is 60.8 Å². The van der Waals surface area contributed by atoms with E-state index in [4.69, 9.17) is 0 Å². The molecule has 3 aromatic rings. The molecule has 27 heavy (non-hydrogen) atoms. The molecular weight excluding hydrogens is 334 g/mol. The summed E-state index contributed by atoms with van der Waals surface area (Å²) >= 11 is 0. The van der Waals surface area contributed by atoms with Crippen LogP contribution in [-0.4, -0.2) is 17.4 Å². The number of amides is 1. The Morgan fingerprint density at radius 3 is 2.67 bits per heavy atom. The van der Waals surface area contributed by atoms with E-state index in [1.54, 1.807) is 6.20 Å². The molecule has 1 N–H and O–H groups in total. The second-order valence-electron chi connectivity index (χ2n) is 7.11. The third-order valence-corrected chi connectivity index (χ3v) is 5.10. The molecule has 4 heteroatoms. The molecular formula is C23H23N3O. The molecule has 0 aliphatic carbocycles. The number of carbonyl (C=O) groups excluding carboxylic acids is 1. The standard InChI is InChI=1S/C23H23N3O/c1-16-7-8-21(17(2)13-16)25-23(27)22-14-20(9-11-24-22)26-12-10-18-5-3-4-6-19(18)15-26/h3-9,11,13-14H,10,12,15H2,1-2H3,(H,25,27). The van der Waals surface area contributed by atoms with Crippen molar-refractivity contribution in [2.45, 2.75) is 26.8 Å². The maximum absolute atomic E-state index is 12.7. The number of rotatable bonds is 3. The summed E-state index contributed by atoms with van der Waals surface area (Å²) in [5.41, 5.74) is 7.28. The van der Waals surface area contributed by atoms with Crippen molar-refractivity contribution in [1.29, 1.82) is 0 Å². The Morgan fingerprint density at radius 1 is 1.04 bits per heavy atom. The smallest absolute Gasteiger partial charge is 0.274 e. The summed E-state index contributed by atoms with van der Waals surface area (Å²) in [6.45, 7) is 5.84. The molecule has 136 valence electrons. The Bertz CT molecular complexity index is 996. The Hall–Kier alpha value is -3.14. The van der Waals surface area contributed by atoms with Crippen molar-refractivity contribution in [3.63, 3.8) is 0 Å². The topological polar surface area (TPSA) is 45.2 Å². The number of carbonyl (C=O) groups is 1. The SMILES string of the molecule is Cc1ccc(NC(=O)c2cc(N3CCc4ccccc4C3)ccn2)c(C)c1. The van der Waals surface area contributed by atoms with E-state index in [-0.39, 0.29) is 5.91 Å². The maximum atomic E-state index is 12.7. The molecule has 2 heterocycles. The van der Waals surface area contributed by atoms with Gasteiger partial charge in [0.1, 0.15) is 5.69 Å². The zero-order chi connectivity index (χ0) is 18.8. The van der Waals surface area contributed by atoms with E-state index in [0.717, 1.165) is 36.4 Å². The van der Waals surface area contributed by atoms with Gasteiger partial charge >= 0.3 is 0 Å². The molecule has 2 aromatic carbocycles. The van der Waals surface area contributed by atoms with Crippen molar-refractivity contribution in [2.75, 3.05) is 16.8 Å². The molecule has 0 atom stereocenters. The van der Waals surface area contributed by atoms with Crippen LogP contribution < -0.4 is 10.2 Å². The van der Waals surface area contributed by atoms with Gasteiger partial charge in [-0.2, -0.15) is 0 Å². The second-order valence-corrected chi connectivity index (χ2v) is 7.11. The van der Waals surface area contributed by atoms with Gasteiger partial charge in [-0.1, -0.05) is 42.0 Å². The molecule has 4 nitrogen and oxygen atoms in total. The number of anilines is 2. The number of fused-ring (bicyclic) bond motifs is 1. The number of hydrogen-bond donors (Lipinski definition) is 1. The molecule has 0 saturated carbocycles. The maximum Gasteiger partial charge on any atom is 0.274 e. The van der Waals surface area contributed by atoms with Crippen LogP contribution in [0.3, 0.4) is 0 Å². The number of aromatic nitrogens is 1. The highest BCUT2D eigenvalue weighted by atomic mass is 16.1. The molecule has 1 aliphatic rings. The van der Waals surface area contributed by atoms with Crippen molar-refractivity contribution in [2.24, 2.45) is 0 Å². The summed E-state index contributed by atoms with van der Waals surface area (Å²) < 4.78 is 0. The van der Waals surface area contributed by atoms with Gasteiger partial charge in [-0.15, -0.1) is 0 Å². The first-order chi connectivity index (χ1) is 13.1. The summed E-state index contributed by atoms with van der Waals surface area (Å²) in [6.07, 6.45) is 2.73. The van der Waals surface area contributed by atoms with Crippen molar-refractivity contribution in [1.82, 2.24) is 4.98 Å². The minimum Gasteiger partial charge on any atom is -0.367 e. The van der Waals surface area contributed by atoms with E-state index in [1.807, 2.05) is 38.1 Å². The van der Waals surface area contributed by atoms with Crippen molar-refractivity contribution >= 4 is 17.3 Å². The fourth-order valence-electron chi connectivity index (χ4n) is 3.60. The number of nitrogens with zero attached hydrogens (tertiary/aromatic N) is 2. The third kappa shape index (κ3) is 3.70. The average molecular weight is 357 g/mol. The lowest BCUT2D eigenvalue weighted by atomic mass is 9.99.